The van der Waals surface area contributed by atoms with Gasteiger partial charge in [-0.2, -0.15) is 0 Å². The van der Waals surface area contributed by atoms with Gasteiger partial charge < -0.3 is 25.5 Å². The number of halogens is 2. The predicted octanol–water partition coefficient (Wildman–Crippen LogP) is 2.39. The van der Waals surface area contributed by atoms with E-state index < -0.39 is 41.6 Å². The number of rotatable bonds is 11. The maximum absolute atomic E-state index is 14.0. The second-order valence-corrected chi connectivity index (χ2v) is 10.8. The number of benzene rings is 2. The van der Waals surface area contributed by atoms with E-state index in [0.717, 1.165) is 36.6 Å². The molecule has 2 aliphatic heterocycles. The molecule has 5 unspecified atom stereocenters. The van der Waals surface area contributed by atoms with Gasteiger partial charge in [0.25, 0.3) is 0 Å². The van der Waals surface area contributed by atoms with Gasteiger partial charge in [0, 0.05) is 44.7 Å². The SMILES string of the molecule is CCCC(C)N1CC(C(=O)NC(Cc2cc(F)cc(F)c2)C(O)C2NCCN(Cc3ccccc3)C2=O)CC1=O. The number of carbonyl (C=O) groups excluding carboxylic acids is 3. The largest absolute Gasteiger partial charge is 0.389 e. The van der Waals surface area contributed by atoms with E-state index in [9.17, 15) is 28.3 Å². The number of likely N-dealkylation sites (tertiary alicyclic amines) is 1. The summed E-state index contributed by atoms with van der Waals surface area (Å²) in [7, 11) is 0. The minimum absolute atomic E-state index is 0.00612. The monoisotopic (exact) mass is 556 g/mol. The van der Waals surface area contributed by atoms with Crippen LogP contribution in [0.2, 0.25) is 0 Å². The molecule has 0 bridgehead atoms. The molecule has 2 saturated heterocycles. The molecular weight excluding hydrogens is 518 g/mol. The summed E-state index contributed by atoms with van der Waals surface area (Å²) in [5, 5.41) is 17.3. The third kappa shape index (κ3) is 7.22. The van der Waals surface area contributed by atoms with Gasteiger partial charge in [-0.25, -0.2) is 8.78 Å². The first-order valence-electron chi connectivity index (χ1n) is 13.9. The van der Waals surface area contributed by atoms with Gasteiger partial charge in [0.1, 0.15) is 17.7 Å². The van der Waals surface area contributed by atoms with Gasteiger partial charge in [0.2, 0.25) is 17.7 Å². The molecule has 0 aliphatic carbocycles. The highest BCUT2D eigenvalue weighted by atomic mass is 19.1. The molecule has 4 rings (SSSR count). The summed E-state index contributed by atoms with van der Waals surface area (Å²) >= 11 is 0. The van der Waals surface area contributed by atoms with Crippen molar-refractivity contribution in [2.24, 2.45) is 5.92 Å². The van der Waals surface area contributed by atoms with Crippen LogP contribution in [0.25, 0.3) is 0 Å². The zero-order chi connectivity index (χ0) is 28.8. The molecule has 5 atom stereocenters. The van der Waals surface area contributed by atoms with Crippen LogP contribution >= 0.6 is 0 Å². The molecule has 2 aromatic carbocycles. The number of hydrogen-bond donors (Lipinski definition) is 3. The van der Waals surface area contributed by atoms with E-state index in [2.05, 4.69) is 10.6 Å². The summed E-state index contributed by atoms with van der Waals surface area (Å²) in [6.07, 6.45) is 0.268. The third-order valence-electron chi connectivity index (χ3n) is 7.77. The second-order valence-electron chi connectivity index (χ2n) is 10.8. The van der Waals surface area contributed by atoms with E-state index in [1.807, 2.05) is 44.2 Å². The van der Waals surface area contributed by atoms with Crippen LogP contribution in [0, 0.1) is 17.6 Å². The number of aliphatic hydroxyl groups is 1. The van der Waals surface area contributed by atoms with Crippen molar-refractivity contribution in [3.05, 3.63) is 71.3 Å². The molecule has 2 heterocycles. The van der Waals surface area contributed by atoms with Crippen LogP contribution in [0.1, 0.15) is 44.2 Å². The predicted molar refractivity (Wildman–Crippen MR) is 146 cm³/mol. The van der Waals surface area contributed by atoms with Crippen molar-refractivity contribution in [3.63, 3.8) is 0 Å². The molecule has 8 nitrogen and oxygen atoms in total. The van der Waals surface area contributed by atoms with Crippen molar-refractivity contribution < 1.29 is 28.3 Å². The van der Waals surface area contributed by atoms with Crippen LogP contribution in [-0.2, 0) is 27.3 Å². The van der Waals surface area contributed by atoms with Crippen LogP contribution in [0.3, 0.4) is 0 Å². The van der Waals surface area contributed by atoms with E-state index in [1.54, 1.807) is 9.80 Å². The zero-order valence-corrected chi connectivity index (χ0v) is 23.0. The average molecular weight is 557 g/mol. The van der Waals surface area contributed by atoms with Crippen LogP contribution in [0.15, 0.2) is 48.5 Å². The van der Waals surface area contributed by atoms with Crippen LogP contribution in [-0.4, -0.2) is 76.5 Å². The Morgan fingerprint density at radius 3 is 2.50 bits per heavy atom. The molecule has 0 aromatic heterocycles. The Hall–Kier alpha value is -3.37. The summed E-state index contributed by atoms with van der Waals surface area (Å²) in [6, 6.07) is 10.4. The Labute approximate surface area is 233 Å². The van der Waals surface area contributed by atoms with Crippen molar-refractivity contribution >= 4 is 17.7 Å². The van der Waals surface area contributed by atoms with Crippen LogP contribution in [0.5, 0.6) is 0 Å². The summed E-state index contributed by atoms with van der Waals surface area (Å²) in [5.74, 6) is -3.07. The number of hydrogen-bond acceptors (Lipinski definition) is 5. The molecular formula is C30H38F2N4O4. The number of piperazine rings is 1. The topological polar surface area (TPSA) is 102 Å². The van der Waals surface area contributed by atoms with Gasteiger partial charge in [-0.1, -0.05) is 43.7 Å². The van der Waals surface area contributed by atoms with Crippen molar-refractivity contribution in [2.45, 2.75) is 70.3 Å². The van der Waals surface area contributed by atoms with Gasteiger partial charge in [-0.3, -0.25) is 14.4 Å². The van der Waals surface area contributed by atoms with Crippen molar-refractivity contribution in [2.75, 3.05) is 19.6 Å². The average Bonchev–Trinajstić information content (AvgIpc) is 3.31. The minimum Gasteiger partial charge on any atom is -0.389 e. The Balaban J connectivity index is 1.52. The Morgan fingerprint density at radius 1 is 1.12 bits per heavy atom. The van der Waals surface area contributed by atoms with Crippen LogP contribution in [0.4, 0.5) is 8.78 Å². The van der Waals surface area contributed by atoms with E-state index in [-0.39, 0.29) is 42.8 Å². The van der Waals surface area contributed by atoms with Crippen molar-refractivity contribution in [3.8, 4) is 0 Å². The van der Waals surface area contributed by atoms with E-state index in [1.165, 1.54) is 0 Å². The number of nitrogens with one attached hydrogen (secondary N) is 2. The Kier molecular flexibility index (Phi) is 9.86. The standard InChI is InChI=1S/C30H38F2N4O4/c1-3-7-19(2)36-18-22(15-26(36)37)29(39)34-25(14-21-12-23(31)16-24(32)13-21)28(38)27-30(40)35(11-10-33-27)17-20-8-5-4-6-9-20/h4-6,8-9,12-13,16,19,22,25,27-28,33,38H,3,7,10-11,14-15,17-18H2,1-2H3,(H,34,39). The highest BCUT2D eigenvalue weighted by Gasteiger charge is 2.41. The maximum atomic E-state index is 14.0. The highest BCUT2D eigenvalue weighted by molar-refractivity contribution is 5.89. The Bertz CT molecular complexity index is 1180. The van der Waals surface area contributed by atoms with E-state index >= 15 is 0 Å². The van der Waals surface area contributed by atoms with Gasteiger partial charge >= 0.3 is 0 Å². The van der Waals surface area contributed by atoms with Gasteiger partial charge in [-0.05, 0) is 43.0 Å². The lowest BCUT2D eigenvalue weighted by molar-refractivity contribution is -0.141. The molecule has 2 aliphatic rings. The molecule has 3 amide bonds. The lowest BCUT2D eigenvalue weighted by Gasteiger charge is -2.38. The number of aliphatic hydroxyl groups excluding tert-OH is 1. The molecule has 2 fully saturated rings. The first-order valence-corrected chi connectivity index (χ1v) is 13.9. The van der Waals surface area contributed by atoms with Crippen molar-refractivity contribution in [1.82, 2.24) is 20.4 Å². The third-order valence-corrected chi connectivity index (χ3v) is 7.77. The molecule has 216 valence electrons. The minimum atomic E-state index is -1.39. The fourth-order valence-corrected chi connectivity index (χ4v) is 5.66. The lowest BCUT2D eigenvalue weighted by atomic mass is 9.93. The molecule has 3 N–H and O–H groups in total. The van der Waals surface area contributed by atoms with Gasteiger partial charge in [0.05, 0.1) is 18.1 Å². The summed E-state index contributed by atoms with van der Waals surface area (Å²) in [4.78, 5) is 42.7. The number of nitrogens with zero attached hydrogens (tertiary/aromatic N) is 2. The number of amides is 3. The second kappa shape index (κ2) is 13.3. The quantitative estimate of drug-likeness (QED) is 0.395. The molecule has 10 heteroatoms. The normalized spacial score (nSPS) is 21.8. The molecule has 2 aromatic rings. The van der Waals surface area contributed by atoms with E-state index in [0.29, 0.717) is 19.6 Å². The first-order chi connectivity index (χ1) is 19.2. The zero-order valence-electron chi connectivity index (χ0n) is 23.0. The fraction of sp³-hybridized carbons (Fsp3) is 0.500. The summed E-state index contributed by atoms with van der Waals surface area (Å²) < 4.78 is 28.0. The first kappa shape index (κ1) is 29.6. The molecule has 0 spiro atoms. The van der Waals surface area contributed by atoms with Crippen LogP contribution < -0.4 is 10.6 Å². The van der Waals surface area contributed by atoms with E-state index in [4.69, 9.17) is 0 Å². The smallest absolute Gasteiger partial charge is 0.242 e. The summed E-state index contributed by atoms with van der Waals surface area (Å²) in [6.45, 7) is 5.48. The van der Waals surface area contributed by atoms with Crippen molar-refractivity contribution in [1.29, 1.82) is 0 Å². The fourth-order valence-electron chi connectivity index (χ4n) is 5.66. The van der Waals surface area contributed by atoms with Gasteiger partial charge in [0.15, 0.2) is 0 Å². The Morgan fingerprint density at radius 2 is 1.82 bits per heavy atom. The molecule has 0 saturated carbocycles. The lowest BCUT2D eigenvalue weighted by Crippen LogP contribution is -2.64. The maximum Gasteiger partial charge on any atom is 0.242 e. The molecule has 40 heavy (non-hydrogen) atoms. The highest BCUT2D eigenvalue weighted by Crippen LogP contribution is 2.24. The molecule has 0 radical (unpaired) electrons. The number of carbonyl (C=O) groups is 3. The van der Waals surface area contributed by atoms with Gasteiger partial charge in [-0.15, -0.1) is 0 Å². The summed E-state index contributed by atoms with van der Waals surface area (Å²) in [5.41, 5.74) is 1.17.